The highest BCUT2D eigenvalue weighted by Crippen LogP contribution is 2.33. The largest absolute Gasteiger partial charge is 0.495 e. The molecule has 4 rings (SSSR count). The number of nitrogens with one attached hydrogen (secondary N) is 3. The highest BCUT2D eigenvalue weighted by molar-refractivity contribution is 6.09. The zero-order chi connectivity index (χ0) is 25.9. The molecule has 2 aromatic carbocycles. The summed E-state index contributed by atoms with van der Waals surface area (Å²) in [6.07, 6.45) is 6.73. The molecule has 2 heterocycles. The van der Waals surface area contributed by atoms with Gasteiger partial charge in [0.2, 0.25) is 0 Å². The smallest absolute Gasteiger partial charge is 0.143 e. The topological polar surface area (TPSA) is 108 Å². The standard InChI is InChI=1S/C28H32N6O2/c1-18-31-16-25(34(18)4)20-8-9-24(26(11-20)36-5)33-27-12-22-10-19(6-7-21(22)15-32-27)23(13-29)14-30-17-28(2,3)35/h6-16,29-30,35H,17H2,1-5H3,(H,32,33)/b23-14+,29-13?. The number of nitrogens with zero attached hydrogens (tertiary/aromatic N) is 3. The van der Waals surface area contributed by atoms with Crippen molar-refractivity contribution >= 4 is 34.1 Å². The van der Waals surface area contributed by atoms with Crippen LogP contribution in [0.15, 0.2) is 61.1 Å². The molecule has 0 saturated heterocycles. The summed E-state index contributed by atoms with van der Waals surface area (Å²) in [5, 5.41) is 26.2. The van der Waals surface area contributed by atoms with Gasteiger partial charge in [-0.05, 0) is 56.0 Å². The van der Waals surface area contributed by atoms with Crippen LogP contribution in [0.4, 0.5) is 11.5 Å². The lowest BCUT2D eigenvalue weighted by Gasteiger charge is -2.17. The quantitative estimate of drug-likeness (QED) is 0.248. The number of aryl methyl sites for hydroxylation is 1. The Morgan fingerprint density at radius 2 is 1.92 bits per heavy atom. The van der Waals surface area contributed by atoms with Crippen LogP contribution in [-0.4, -0.2) is 45.1 Å². The number of benzene rings is 2. The molecule has 0 radical (unpaired) electrons. The maximum atomic E-state index is 9.91. The lowest BCUT2D eigenvalue weighted by atomic mass is 10.0. The molecule has 8 nitrogen and oxygen atoms in total. The van der Waals surface area contributed by atoms with E-state index in [0.29, 0.717) is 18.1 Å². The number of aliphatic hydroxyl groups is 1. The molecule has 0 fully saturated rings. The van der Waals surface area contributed by atoms with Crippen LogP contribution >= 0.6 is 0 Å². The number of aromatic nitrogens is 3. The number of pyridine rings is 1. The van der Waals surface area contributed by atoms with Crippen LogP contribution in [0.5, 0.6) is 5.75 Å². The first-order valence-electron chi connectivity index (χ1n) is 11.7. The molecule has 36 heavy (non-hydrogen) atoms. The average molecular weight is 485 g/mol. The Morgan fingerprint density at radius 3 is 2.58 bits per heavy atom. The van der Waals surface area contributed by atoms with Gasteiger partial charge in [-0.1, -0.05) is 18.2 Å². The maximum Gasteiger partial charge on any atom is 0.143 e. The van der Waals surface area contributed by atoms with E-state index in [1.165, 1.54) is 6.21 Å². The van der Waals surface area contributed by atoms with Gasteiger partial charge in [-0.2, -0.15) is 0 Å². The van der Waals surface area contributed by atoms with Gasteiger partial charge in [0.05, 0.1) is 30.3 Å². The molecular weight excluding hydrogens is 452 g/mol. The van der Waals surface area contributed by atoms with E-state index >= 15 is 0 Å². The van der Waals surface area contributed by atoms with Crippen LogP contribution in [-0.2, 0) is 7.05 Å². The summed E-state index contributed by atoms with van der Waals surface area (Å²) in [6.45, 7) is 5.83. The van der Waals surface area contributed by atoms with Crippen LogP contribution in [0.25, 0.3) is 27.6 Å². The zero-order valence-electron chi connectivity index (χ0n) is 21.3. The molecule has 4 aromatic rings. The van der Waals surface area contributed by atoms with Gasteiger partial charge in [0.1, 0.15) is 17.4 Å². The molecule has 0 atom stereocenters. The summed E-state index contributed by atoms with van der Waals surface area (Å²) < 4.78 is 7.71. The van der Waals surface area contributed by atoms with Crippen molar-refractivity contribution in [2.75, 3.05) is 19.0 Å². The van der Waals surface area contributed by atoms with Crippen molar-refractivity contribution in [3.8, 4) is 17.0 Å². The summed E-state index contributed by atoms with van der Waals surface area (Å²) in [5.74, 6) is 2.33. The molecule has 0 saturated carbocycles. The summed E-state index contributed by atoms with van der Waals surface area (Å²) >= 11 is 0. The summed E-state index contributed by atoms with van der Waals surface area (Å²) in [4.78, 5) is 8.95. The normalized spacial score (nSPS) is 12.0. The number of allylic oxidation sites excluding steroid dienone is 1. The monoisotopic (exact) mass is 484 g/mol. The molecule has 2 aromatic heterocycles. The lowest BCUT2D eigenvalue weighted by molar-refractivity contribution is 0.0836. The van der Waals surface area contributed by atoms with Gasteiger partial charge >= 0.3 is 0 Å². The second-order valence-electron chi connectivity index (χ2n) is 9.36. The number of fused-ring (bicyclic) bond motifs is 1. The molecule has 4 N–H and O–H groups in total. The summed E-state index contributed by atoms with van der Waals surface area (Å²) in [5.41, 5.74) is 3.61. The van der Waals surface area contributed by atoms with E-state index in [1.807, 2.05) is 73.4 Å². The van der Waals surface area contributed by atoms with Gasteiger partial charge in [-0.25, -0.2) is 9.97 Å². The minimum atomic E-state index is -0.838. The fourth-order valence-electron chi connectivity index (χ4n) is 3.87. The van der Waals surface area contributed by atoms with E-state index in [-0.39, 0.29) is 0 Å². The first-order valence-corrected chi connectivity index (χ1v) is 11.7. The van der Waals surface area contributed by atoms with Gasteiger partial charge in [0.15, 0.2) is 0 Å². The minimum absolute atomic E-state index is 0.386. The van der Waals surface area contributed by atoms with E-state index < -0.39 is 5.60 Å². The lowest BCUT2D eigenvalue weighted by Crippen LogP contribution is -2.32. The molecule has 0 aliphatic rings. The molecule has 0 unspecified atom stereocenters. The number of rotatable bonds is 9. The second kappa shape index (κ2) is 10.2. The number of hydrogen-bond donors (Lipinski definition) is 4. The van der Waals surface area contributed by atoms with Crippen LogP contribution in [0.1, 0.15) is 25.2 Å². The van der Waals surface area contributed by atoms with Crippen LogP contribution in [0.3, 0.4) is 0 Å². The Kier molecular flexibility index (Phi) is 7.07. The Balaban J connectivity index is 1.60. The number of hydrogen-bond acceptors (Lipinski definition) is 7. The highest BCUT2D eigenvalue weighted by Gasteiger charge is 2.12. The third-order valence-electron chi connectivity index (χ3n) is 5.98. The van der Waals surface area contributed by atoms with Gasteiger partial charge < -0.3 is 30.5 Å². The number of methoxy groups -OCH3 is 1. The Hall–Kier alpha value is -4.17. The Bertz CT molecular complexity index is 1430. The zero-order valence-corrected chi connectivity index (χ0v) is 21.3. The average Bonchev–Trinajstić information content (AvgIpc) is 3.19. The summed E-state index contributed by atoms with van der Waals surface area (Å²) in [6, 6.07) is 13.9. The maximum absolute atomic E-state index is 9.91. The SMILES string of the molecule is COc1cc(-c2cnc(C)n2C)ccc1Nc1cc2cc(/C(C=N)=C/NCC(C)(C)O)ccc2cn1. The van der Waals surface area contributed by atoms with Crippen molar-refractivity contribution in [3.63, 3.8) is 0 Å². The predicted octanol–water partition coefficient (Wildman–Crippen LogP) is 5.05. The molecular formula is C28H32N6O2. The Morgan fingerprint density at radius 1 is 1.11 bits per heavy atom. The number of imidazole rings is 1. The van der Waals surface area contributed by atoms with E-state index in [9.17, 15) is 5.11 Å². The summed E-state index contributed by atoms with van der Waals surface area (Å²) in [7, 11) is 3.64. The van der Waals surface area contributed by atoms with Crippen LogP contribution in [0.2, 0.25) is 0 Å². The molecule has 0 aliphatic heterocycles. The third-order valence-corrected chi connectivity index (χ3v) is 5.98. The first kappa shape index (κ1) is 24.9. The van der Waals surface area contributed by atoms with Gasteiger partial charge in [-0.3, -0.25) is 0 Å². The van der Waals surface area contributed by atoms with E-state index in [1.54, 1.807) is 27.2 Å². The van der Waals surface area contributed by atoms with Crippen LogP contribution < -0.4 is 15.4 Å². The van der Waals surface area contributed by atoms with Crippen LogP contribution in [0, 0.1) is 12.3 Å². The number of anilines is 2. The van der Waals surface area contributed by atoms with Crippen molar-refractivity contribution < 1.29 is 9.84 Å². The second-order valence-corrected chi connectivity index (χ2v) is 9.36. The van der Waals surface area contributed by atoms with E-state index in [0.717, 1.165) is 44.7 Å². The Labute approximate surface area is 211 Å². The highest BCUT2D eigenvalue weighted by atomic mass is 16.5. The van der Waals surface area contributed by atoms with Crippen molar-refractivity contribution in [1.82, 2.24) is 19.9 Å². The van der Waals surface area contributed by atoms with E-state index in [4.69, 9.17) is 10.1 Å². The van der Waals surface area contributed by atoms with Crippen molar-refractivity contribution in [2.45, 2.75) is 26.4 Å². The fraction of sp³-hybridized carbons (Fsp3) is 0.250. The van der Waals surface area contributed by atoms with Gasteiger partial charge in [-0.15, -0.1) is 0 Å². The van der Waals surface area contributed by atoms with Gasteiger partial charge in [0, 0.05) is 48.7 Å². The molecule has 186 valence electrons. The van der Waals surface area contributed by atoms with E-state index in [2.05, 4.69) is 20.6 Å². The van der Waals surface area contributed by atoms with Crippen molar-refractivity contribution in [3.05, 3.63) is 72.4 Å². The third kappa shape index (κ3) is 5.55. The fourth-order valence-corrected chi connectivity index (χ4v) is 3.87. The van der Waals surface area contributed by atoms with Gasteiger partial charge in [0.25, 0.3) is 0 Å². The number of ether oxygens (including phenoxy) is 1. The predicted molar refractivity (Wildman–Crippen MR) is 146 cm³/mol. The van der Waals surface area contributed by atoms with Crippen molar-refractivity contribution in [1.29, 1.82) is 5.41 Å². The first-order chi connectivity index (χ1) is 17.2. The molecule has 0 aliphatic carbocycles. The molecule has 0 bridgehead atoms. The molecule has 8 heteroatoms. The minimum Gasteiger partial charge on any atom is -0.495 e. The molecule has 0 amide bonds. The molecule has 0 spiro atoms. The van der Waals surface area contributed by atoms with Crippen molar-refractivity contribution in [2.24, 2.45) is 7.05 Å².